The van der Waals surface area contributed by atoms with Gasteiger partial charge in [0.1, 0.15) is 0 Å². The van der Waals surface area contributed by atoms with Crippen LogP contribution < -0.4 is 10.6 Å². The standard InChI is InChI=1S/C16H30N2O/c1-12-7-9-17-10-13(12)11-18-15(19)14-6-4-5-8-16(14,2)3/h12-14,17H,4-11H2,1-3H3,(H,18,19). The van der Waals surface area contributed by atoms with Crippen molar-refractivity contribution in [2.24, 2.45) is 23.2 Å². The number of rotatable bonds is 3. The first-order valence-corrected chi connectivity index (χ1v) is 7.99. The molecule has 2 aliphatic rings. The zero-order valence-corrected chi connectivity index (χ0v) is 12.8. The number of amides is 1. The van der Waals surface area contributed by atoms with Crippen LogP contribution in [-0.2, 0) is 4.79 Å². The number of hydrogen-bond donors (Lipinski definition) is 2. The third-order valence-corrected chi connectivity index (χ3v) is 5.35. The molecular formula is C16H30N2O. The summed E-state index contributed by atoms with van der Waals surface area (Å²) in [5, 5.41) is 6.66. The van der Waals surface area contributed by atoms with Crippen LogP contribution >= 0.6 is 0 Å². The van der Waals surface area contributed by atoms with E-state index in [1.165, 1.54) is 25.7 Å². The largest absolute Gasteiger partial charge is 0.356 e. The fraction of sp³-hybridized carbons (Fsp3) is 0.938. The van der Waals surface area contributed by atoms with Gasteiger partial charge >= 0.3 is 0 Å². The molecule has 0 spiro atoms. The van der Waals surface area contributed by atoms with E-state index >= 15 is 0 Å². The van der Waals surface area contributed by atoms with Gasteiger partial charge in [0.25, 0.3) is 0 Å². The van der Waals surface area contributed by atoms with E-state index in [1.807, 2.05) is 0 Å². The molecule has 1 heterocycles. The van der Waals surface area contributed by atoms with Crippen molar-refractivity contribution in [3.05, 3.63) is 0 Å². The zero-order valence-electron chi connectivity index (χ0n) is 12.8. The highest BCUT2D eigenvalue weighted by Gasteiger charge is 2.37. The van der Waals surface area contributed by atoms with Gasteiger partial charge in [-0.1, -0.05) is 33.6 Å². The van der Waals surface area contributed by atoms with Gasteiger partial charge in [-0.05, 0) is 49.6 Å². The molecule has 3 heteroatoms. The summed E-state index contributed by atoms with van der Waals surface area (Å²) in [7, 11) is 0. The van der Waals surface area contributed by atoms with Gasteiger partial charge < -0.3 is 10.6 Å². The molecule has 3 atom stereocenters. The predicted molar refractivity (Wildman–Crippen MR) is 78.9 cm³/mol. The van der Waals surface area contributed by atoms with Gasteiger partial charge in [0.05, 0.1) is 0 Å². The molecule has 2 fully saturated rings. The molecule has 0 aromatic heterocycles. The van der Waals surface area contributed by atoms with Crippen LogP contribution in [0.1, 0.15) is 52.9 Å². The van der Waals surface area contributed by atoms with Crippen LogP contribution in [0, 0.1) is 23.2 Å². The van der Waals surface area contributed by atoms with E-state index in [9.17, 15) is 4.79 Å². The molecule has 1 aliphatic heterocycles. The first kappa shape index (κ1) is 14.8. The summed E-state index contributed by atoms with van der Waals surface area (Å²) in [6.07, 6.45) is 5.97. The second kappa shape index (κ2) is 6.25. The van der Waals surface area contributed by atoms with Crippen molar-refractivity contribution in [1.29, 1.82) is 0 Å². The summed E-state index contributed by atoms with van der Waals surface area (Å²) in [6, 6.07) is 0. The minimum Gasteiger partial charge on any atom is -0.356 e. The second-order valence-electron chi connectivity index (χ2n) is 7.26. The Balaban J connectivity index is 1.83. The normalized spacial score (nSPS) is 34.8. The Bertz CT molecular complexity index is 314. The van der Waals surface area contributed by atoms with Gasteiger partial charge in [0.2, 0.25) is 5.91 Å². The van der Waals surface area contributed by atoms with Crippen LogP contribution in [0.15, 0.2) is 0 Å². The molecule has 2 rings (SSSR count). The fourth-order valence-electron chi connectivity index (χ4n) is 3.66. The molecule has 0 aromatic carbocycles. The first-order chi connectivity index (χ1) is 9.00. The number of carbonyl (C=O) groups is 1. The van der Waals surface area contributed by atoms with Crippen molar-refractivity contribution in [1.82, 2.24) is 10.6 Å². The Morgan fingerprint density at radius 2 is 2.11 bits per heavy atom. The lowest BCUT2D eigenvalue weighted by molar-refractivity contribution is -0.130. The van der Waals surface area contributed by atoms with E-state index in [4.69, 9.17) is 0 Å². The molecule has 110 valence electrons. The topological polar surface area (TPSA) is 41.1 Å². The Labute approximate surface area is 117 Å². The fourth-order valence-corrected chi connectivity index (χ4v) is 3.66. The van der Waals surface area contributed by atoms with E-state index in [1.54, 1.807) is 0 Å². The summed E-state index contributed by atoms with van der Waals surface area (Å²) >= 11 is 0. The van der Waals surface area contributed by atoms with Crippen LogP contribution in [0.25, 0.3) is 0 Å². The number of hydrogen-bond acceptors (Lipinski definition) is 2. The van der Waals surface area contributed by atoms with Gasteiger partial charge in [-0.25, -0.2) is 0 Å². The smallest absolute Gasteiger partial charge is 0.223 e. The third-order valence-electron chi connectivity index (χ3n) is 5.35. The molecule has 3 unspecified atom stereocenters. The Morgan fingerprint density at radius 1 is 1.32 bits per heavy atom. The number of piperidine rings is 1. The van der Waals surface area contributed by atoms with Crippen molar-refractivity contribution in [3.63, 3.8) is 0 Å². The van der Waals surface area contributed by atoms with Gasteiger partial charge in [0, 0.05) is 12.5 Å². The average molecular weight is 266 g/mol. The summed E-state index contributed by atoms with van der Waals surface area (Å²) in [6.45, 7) is 9.83. The highest BCUT2D eigenvalue weighted by molar-refractivity contribution is 5.79. The molecule has 19 heavy (non-hydrogen) atoms. The summed E-state index contributed by atoms with van der Waals surface area (Å²) < 4.78 is 0. The number of carbonyl (C=O) groups excluding carboxylic acids is 1. The molecule has 1 aliphatic carbocycles. The maximum Gasteiger partial charge on any atom is 0.223 e. The minimum atomic E-state index is 0.179. The molecule has 3 nitrogen and oxygen atoms in total. The Hall–Kier alpha value is -0.570. The highest BCUT2D eigenvalue weighted by atomic mass is 16.1. The average Bonchev–Trinajstić information content (AvgIpc) is 2.37. The lowest BCUT2D eigenvalue weighted by atomic mass is 9.68. The van der Waals surface area contributed by atoms with Crippen molar-refractivity contribution < 1.29 is 4.79 Å². The van der Waals surface area contributed by atoms with Crippen LogP contribution in [0.5, 0.6) is 0 Å². The lowest BCUT2D eigenvalue weighted by Gasteiger charge is -2.38. The molecule has 1 saturated carbocycles. The monoisotopic (exact) mass is 266 g/mol. The maximum absolute atomic E-state index is 12.4. The maximum atomic E-state index is 12.4. The van der Waals surface area contributed by atoms with E-state index in [2.05, 4.69) is 31.4 Å². The Morgan fingerprint density at radius 3 is 2.79 bits per heavy atom. The molecule has 0 bridgehead atoms. The zero-order chi connectivity index (χ0) is 13.9. The minimum absolute atomic E-state index is 0.179. The molecule has 0 aromatic rings. The van der Waals surface area contributed by atoms with E-state index in [0.29, 0.717) is 11.8 Å². The number of nitrogens with one attached hydrogen (secondary N) is 2. The predicted octanol–water partition coefficient (Wildman–Crippen LogP) is 2.56. The second-order valence-corrected chi connectivity index (χ2v) is 7.26. The quantitative estimate of drug-likeness (QED) is 0.824. The van der Waals surface area contributed by atoms with Gasteiger partial charge in [-0.3, -0.25) is 4.79 Å². The summed E-state index contributed by atoms with van der Waals surface area (Å²) in [5.41, 5.74) is 0.179. The molecule has 1 saturated heterocycles. The van der Waals surface area contributed by atoms with Gasteiger partial charge in [-0.2, -0.15) is 0 Å². The Kier molecular flexibility index (Phi) is 4.88. The van der Waals surface area contributed by atoms with Crippen LogP contribution in [0.3, 0.4) is 0 Å². The molecule has 2 N–H and O–H groups in total. The van der Waals surface area contributed by atoms with Gasteiger partial charge in [-0.15, -0.1) is 0 Å². The molecule has 0 radical (unpaired) electrons. The van der Waals surface area contributed by atoms with Crippen molar-refractivity contribution >= 4 is 5.91 Å². The highest BCUT2D eigenvalue weighted by Crippen LogP contribution is 2.40. The van der Waals surface area contributed by atoms with Gasteiger partial charge in [0.15, 0.2) is 0 Å². The molecule has 1 amide bonds. The lowest BCUT2D eigenvalue weighted by Crippen LogP contribution is -2.46. The van der Waals surface area contributed by atoms with E-state index in [-0.39, 0.29) is 11.3 Å². The summed E-state index contributed by atoms with van der Waals surface area (Å²) in [4.78, 5) is 12.4. The first-order valence-electron chi connectivity index (χ1n) is 7.99. The van der Waals surface area contributed by atoms with Crippen molar-refractivity contribution in [2.45, 2.75) is 52.9 Å². The molecular weight excluding hydrogens is 236 g/mol. The van der Waals surface area contributed by atoms with E-state index < -0.39 is 0 Å². The third kappa shape index (κ3) is 3.71. The van der Waals surface area contributed by atoms with E-state index in [0.717, 1.165) is 32.0 Å². The van der Waals surface area contributed by atoms with Crippen molar-refractivity contribution in [2.75, 3.05) is 19.6 Å². The van der Waals surface area contributed by atoms with Crippen LogP contribution in [0.2, 0.25) is 0 Å². The van der Waals surface area contributed by atoms with Crippen molar-refractivity contribution in [3.8, 4) is 0 Å². The van der Waals surface area contributed by atoms with Crippen LogP contribution in [0.4, 0.5) is 0 Å². The SMILES string of the molecule is CC1CCNCC1CNC(=O)C1CCCCC1(C)C. The van der Waals surface area contributed by atoms with Crippen LogP contribution in [-0.4, -0.2) is 25.5 Å². The summed E-state index contributed by atoms with van der Waals surface area (Å²) in [5.74, 6) is 1.83.